The Morgan fingerprint density at radius 3 is 2.05 bits per heavy atom. The van der Waals surface area contributed by atoms with Gasteiger partial charge in [-0.15, -0.1) is 5.10 Å². The highest BCUT2D eigenvalue weighted by molar-refractivity contribution is 7.92. The van der Waals surface area contributed by atoms with Gasteiger partial charge >= 0.3 is 6.18 Å². The Kier molecular flexibility index (Phi) is 12.7. The van der Waals surface area contributed by atoms with Crippen molar-refractivity contribution in [3.8, 4) is 0 Å². The number of nitrogens with one attached hydrogen (secondary N) is 2. The molecular weight excluding hydrogens is 738 g/mol. The van der Waals surface area contributed by atoms with E-state index in [0.29, 0.717) is 0 Å². The van der Waals surface area contributed by atoms with Crippen LogP contribution in [-0.4, -0.2) is 70.9 Å². The summed E-state index contributed by atoms with van der Waals surface area (Å²) in [7, 11) is -2.50. The maximum absolute atomic E-state index is 13.9. The van der Waals surface area contributed by atoms with Crippen LogP contribution in [-0.2, 0) is 35.6 Å². The van der Waals surface area contributed by atoms with E-state index in [9.17, 15) is 41.4 Å². The van der Waals surface area contributed by atoms with Crippen LogP contribution in [0.4, 0.5) is 18.9 Å². The molecule has 0 spiro atoms. The third-order valence-electron chi connectivity index (χ3n) is 8.99. The molecule has 1 unspecified atom stereocenters. The van der Waals surface area contributed by atoms with Gasteiger partial charge in [0.15, 0.2) is 0 Å². The number of aromatic nitrogens is 3. The second-order valence-corrected chi connectivity index (χ2v) is 15.2. The van der Waals surface area contributed by atoms with Gasteiger partial charge in [0.1, 0.15) is 11.8 Å². The number of benzene rings is 4. The maximum atomic E-state index is 13.9. The van der Waals surface area contributed by atoms with Crippen molar-refractivity contribution in [2.24, 2.45) is 0 Å². The Bertz CT molecular complexity index is 2200. The third-order valence-corrected chi connectivity index (χ3v) is 10.2. The third kappa shape index (κ3) is 11.0. The van der Waals surface area contributed by atoms with Crippen LogP contribution in [0.25, 0.3) is 0 Å². The average molecular weight is 779 g/mol. The van der Waals surface area contributed by atoms with Gasteiger partial charge in [0.25, 0.3) is 11.8 Å². The van der Waals surface area contributed by atoms with Crippen molar-refractivity contribution in [1.29, 1.82) is 0 Å². The number of hydrogen-bond donors (Lipinski definition) is 4. The number of sulfonamides is 1. The molecule has 0 aliphatic carbocycles. The molecule has 5 aromatic rings. The first-order chi connectivity index (χ1) is 26.0. The molecule has 290 valence electrons. The van der Waals surface area contributed by atoms with Gasteiger partial charge in [-0.05, 0) is 54.3 Å². The fraction of sp³-hybridized carbons (Fsp3) is 0.282. The zero-order chi connectivity index (χ0) is 39.9. The molecular formula is C39H41F3N6O6S. The van der Waals surface area contributed by atoms with Crippen molar-refractivity contribution in [2.45, 2.75) is 56.8 Å². The van der Waals surface area contributed by atoms with E-state index in [1.165, 1.54) is 48.3 Å². The Morgan fingerprint density at radius 2 is 1.44 bits per heavy atom. The Labute approximate surface area is 316 Å². The first-order valence-corrected chi connectivity index (χ1v) is 19.0. The van der Waals surface area contributed by atoms with E-state index in [-0.39, 0.29) is 47.5 Å². The largest absolute Gasteiger partial charge is 0.416 e. The molecule has 0 saturated carbocycles. The second kappa shape index (κ2) is 17.3. The molecule has 5 rings (SSSR count). The number of hydrogen-bond acceptors (Lipinski definition) is 8. The van der Waals surface area contributed by atoms with Crippen LogP contribution in [0.5, 0.6) is 0 Å². The molecule has 0 aliphatic rings. The number of carbonyl (C=O) groups excluding carboxylic acids is 2. The summed E-state index contributed by atoms with van der Waals surface area (Å²) in [4.78, 5) is 27.4. The number of carbonyl (C=O) groups is 2. The number of nitrogens with zero attached hydrogens (tertiary/aromatic N) is 4. The molecule has 4 atom stereocenters. The highest BCUT2D eigenvalue weighted by atomic mass is 32.2. The zero-order valence-corrected chi connectivity index (χ0v) is 31.0. The van der Waals surface area contributed by atoms with E-state index >= 15 is 0 Å². The predicted molar refractivity (Wildman–Crippen MR) is 200 cm³/mol. The van der Waals surface area contributed by atoms with Crippen molar-refractivity contribution in [2.75, 3.05) is 17.6 Å². The monoisotopic (exact) mass is 778 g/mol. The van der Waals surface area contributed by atoms with Crippen LogP contribution >= 0.6 is 0 Å². The van der Waals surface area contributed by atoms with Crippen LogP contribution in [0.3, 0.4) is 0 Å². The van der Waals surface area contributed by atoms with Gasteiger partial charge < -0.3 is 20.8 Å². The van der Waals surface area contributed by atoms with Crippen LogP contribution < -0.4 is 14.9 Å². The van der Waals surface area contributed by atoms with E-state index in [1.807, 2.05) is 48.5 Å². The van der Waals surface area contributed by atoms with Gasteiger partial charge in [-0.1, -0.05) is 84.1 Å². The number of aliphatic hydroxyl groups is 2. The lowest BCUT2D eigenvalue weighted by Gasteiger charge is -2.25. The molecule has 0 fully saturated rings. The summed E-state index contributed by atoms with van der Waals surface area (Å²) in [5.41, 5.74) is 1.10. The van der Waals surface area contributed by atoms with Crippen LogP contribution in [0, 0.1) is 0 Å². The van der Waals surface area contributed by atoms with Crippen molar-refractivity contribution >= 4 is 27.5 Å². The summed E-state index contributed by atoms with van der Waals surface area (Å²) in [6.45, 7) is 1.58. The molecule has 55 heavy (non-hydrogen) atoms. The number of amides is 2. The molecule has 12 nitrogen and oxygen atoms in total. The molecule has 0 radical (unpaired) electrons. The highest BCUT2D eigenvalue weighted by Crippen LogP contribution is 2.30. The van der Waals surface area contributed by atoms with E-state index in [4.69, 9.17) is 0 Å². The normalized spacial score (nSPS) is 14.0. The average Bonchev–Trinajstić information content (AvgIpc) is 3.62. The van der Waals surface area contributed by atoms with E-state index in [1.54, 1.807) is 19.1 Å². The van der Waals surface area contributed by atoms with Crippen molar-refractivity contribution in [3.63, 3.8) is 0 Å². The minimum atomic E-state index is -4.54. The number of aliphatic hydroxyl groups excluding tert-OH is 2. The molecule has 4 aromatic carbocycles. The first kappa shape index (κ1) is 40.6. The summed E-state index contributed by atoms with van der Waals surface area (Å²) in [6, 6.07) is 25.5. The first-order valence-electron chi connectivity index (χ1n) is 17.2. The molecule has 16 heteroatoms. The lowest BCUT2D eigenvalue weighted by Crippen LogP contribution is -2.46. The SMILES string of the molecule is C[C@@H](NC(=O)c1cc(C(=O)N[C@@H](Cc2ccccc2)[C@@H](O)Cn2cc(C(O)Cc3cccc(C(F)(F)F)c3)nn2)cc(N(C)S(C)(=O)=O)c1)c1ccccc1. The van der Waals surface area contributed by atoms with E-state index < -0.39 is 57.9 Å². The molecule has 2 amide bonds. The Hall–Kier alpha value is -5.58. The van der Waals surface area contributed by atoms with Crippen LogP contribution in [0.2, 0.25) is 0 Å². The fourth-order valence-corrected chi connectivity index (χ4v) is 6.32. The maximum Gasteiger partial charge on any atom is 0.416 e. The summed E-state index contributed by atoms with van der Waals surface area (Å²) in [5, 5.41) is 35.9. The summed E-state index contributed by atoms with van der Waals surface area (Å²) in [6.07, 6.45) is -4.81. The van der Waals surface area contributed by atoms with Crippen molar-refractivity contribution in [3.05, 3.63) is 148 Å². The highest BCUT2D eigenvalue weighted by Gasteiger charge is 2.31. The number of rotatable bonds is 15. The van der Waals surface area contributed by atoms with Crippen molar-refractivity contribution in [1.82, 2.24) is 25.6 Å². The van der Waals surface area contributed by atoms with Gasteiger partial charge in [0, 0.05) is 24.6 Å². The van der Waals surface area contributed by atoms with E-state index in [0.717, 1.165) is 33.8 Å². The fourth-order valence-electron chi connectivity index (χ4n) is 5.83. The van der Waals surface area contributed by atoms with Crippen molar-refractivity contribution < 1.29 is 41.4 Å². The van der Waals surface area contributed by atoms with Crippen LogP contribution in [0.15, 0.2) is 109 Å². The predicted octanol–water partition coefficient (Wildman–Crippen LogP) is 4.86. The summed E-state index contributed by atoms with van der Waals surface area (Å²) >= 11 is 0. The second-order valence-electron chi connectivity index (χ2n) is 13.2. The smallest absolute Gasteiger partial charge is 0.389 e. The number of alkyl halides is 3. The molecule has 0 bridgehead atoms. The van der Waals surface area contributed by atoms with Gasteiger partial charge in [0.2, 0.25) is 10.0 Å². The van der Waals surface area contributed by atoms with Gasteiger partial charge in [-0.3, -0.25) is 13.9 Å². The van der Waals surface area contributed by atoms with Gasteiger partial charge in [-0.2, -0.15) is 13.2 Å². The van der Waals surface area contributed by atoms with Gasteiger partial charge in [0.05, 0.1) is 48.4 Å². The number of anilines is 1. The molecule has 4 N–H and O–H groups in total. The Morgan fingerprint density at radius 1 is 0.836 bits per heavy atom. The Balaban J connectivity index is 1.37. The standard InChI is InChI=1S/C39H41F3N6O6S/c1-25(28-14-8-5-9-15-28)43-37(51)29-20-30(22-32(21-29)47(2)55(3,53)54)38(52)44-33(18-26-11-6-4-7-12-26)36(50)24-48-23-34(45-46-48)35(49)19-27-13-10-16-31(17-27)39(40,41)42/h4-17,20-23,25,33,35-36,49-50H,18-19,24H2,1-3H3,(H,43,51)(H,44,52)/t25-,33+,35?,36+/m1/s1. The molecule has 0 saturated heterocycles. The minimum Gasteiger partial charge on any atom is -0.389 e. The molecule has 0 aliphatic heterocycles. The zero-order valence-electron chi connectivity index (χ0n) is 30.2. The lowest BCUT2D eigenvalue weighted by molar-refractivity contribution is -0.137. The quantitative estimate of drug-likeness (QED) is 0.117. The molecule has 1 heterocycles. The summed E-state index contributed by atoms with van der Waals surface area (Å²) < 4.78 is 66.8. The van der Waals surface area contributed by atoms with Gasteiger partial charge in [-0.25, -0.2) is 13.1 Å². The van der Waals surface area contributed by atoms with Crippen LogP contribution in [0.1, 0.15) is 67.7 Å². The molecule has 1 aromatic heterocycles. The van der Waals surface area contributed by atoms with E-state index in [2.05, 4.69) is 20.9 Å². The summed E-state index contributed by atoms with van der Waals surface area (Å²) in [5.74, 6) is -1.25. The minimum absolute atomic E-state index is 0.0277. The topological polar surface area (TPSA) is 167 Å². The number of halogens is 3. The lowest BCUT2D eigenvalue weighted by atomic mass is 10.00.